The molecule has 1 aromatic rings. The maximum atomic E-state index is 11.9. The summed E-state index contributed by atoms with van der Waals surface area (Å²) in [6.45, 7) is 0.634. The van der Waals surface area contributed by atoms with E-state index in [4.69, 9.17) is 10.00 Å². The molecule has 1 saturated heterocycles. The van der Waals surface area contributed by atoms with Gasteiger partial charge in [-0.2, -0.15) is 5.26 Å². The molecule has 1 amide bonds. The smallest absolute Gasteiger partial charge is 0.410 e. The Bertz CT molecular complexity index is 507. The van der Waals surface area contributed by atoms with Gasteiger partial charge in [-0.1, -0.05) is 30.3 Å². The number of hydrogen-bond acceptors (Lipinski definition) is 4. The van der Waals surface area contributed by atoms with Crippen molar-refractivity contribution in [2.75, 3.05) is 6.54 Å². The molecule has 19 heavy (non-hydrogen) atoms. The topological polar surface area (TPSA) is 70.4 Å². The van der Waals surface area contributed by atoms with Crippen LogP contribution in [0.1, 0.15) is 18.4 Å². The van der Waals surface area contributed by atoms with Crippen LogP contribution in [-0.2, 0) is 16.1 Å². The minimum atomic E-state index is -0.645. The van der Waals surface area contributed by atoms with Gasteiger partial charge >= 0.3 is 6.09 Å². The molecule has 0 aliphatic carbocycles. The third kappa shape index (κ3) is 3.10. The van der Waals surface area contributed by atoms with E-state index in [1.54, 1.807) is 6.07 Å². The normalized spacial score (nSPS) is 17.8. The minimum absolute atomic E-state index is 0.170. The van der Waals surface area contributed by atoms with E-state index < -0.39 is 17.9 Å². The number of hydrogen-bond donors (Lipinski definition) is 0. The molecule has 98 valence electrons. The van der Waals surface area contributed by atoms with Crippen molar-refractivity contribution < 1.29 is 14.3 Å². The van der Waals surface area contributed by atoms with Crippen molar-refractivity contribution in [3.8, 4) is 6.07 Å². The van der Waals surface area contributed by atoms with Crippen molar-refractivity contribution in [3.63, 3.8) is 0 Å². The number of carbonyl (C=O) groups excluding carboxylic acids is 2. The molecule has 1 fully saturated rings. The van der Waals surface area contributed by atoms with Crippen molar-refractivity contribution in [3.05, 3.63) is 35.9 Å². The van der Waals surface area contributed by atoms with Crippen LogP contribution in [0.2, 0.25) is 0 Å². The maximum absolute atomic E-state index is 11.9. The SMILES string of the molecule is N#CC(=O)C1CCCN1C(=O)OCc1ccccc1. The van der Waals surface area contributed by atoms with Gasteiger partial charge < -0.3 is 4.74 Å². The summed E-state index contributed by atoms with van der Waals surface area (Å²) in [5, 5.41) is 8.62. The number of rotatable bonds is 3. The lowest BCUT2D eigenvalue weighted by molar-refractivity contribution is -0.117. The number of amides is 1. The van der Waals surface area contributed by atoms with Gasteiger partial charge in [0.05, 0.1) is 0 Å². The van der Waals surface area contributed by atoms with Crippen LogP contribution in [0.25, 0.3) is 0 Å². The molecule has 1 aliphatic heterocycles. The molecule has 1 aromatic carbocycles. The second kappa shape index (κ2) is 6.01. The van der Waals surface area contributed by atoms with Crippen LogP contribution < -0.4 is 0 Å². The van der Waals surface area contributed by atoms with Gasteiger partial charge in [0.2, 0.25) is 0 Å². The Morgan fingerprint density at radius 3 is 2.79 bits per heavy atom. The summed E-state index contributed by atoms with van der Waals surface area (Å²) in [7, 11) is 0. The van der Waals surface area contributed by atoms with Gasteiger partial charge in [0.1, 0.15) is 18.7 Å². The van der Waals surface area contributed by atoms with Gasteiger partial charge in [-0.15, -0.1) is 0 Å². The molecular weight excluding hydrogens is 244 g/mol. The number of nitrogens with zero attached hydrogens (tertiary/aromatic N) is 2. The Balaban J connectivity index is 1.93. The van der Waals surface area contributed by atoms with Crippen molar-refractivity contribution in [1.29, 1.82) is 5.26 Å². The number of benzene rings is 1. The Hall–Kier alpha value is -2.35. The van der Waals surface area contributed by atoms with E-state index in [0.29, 0.717) is 13.0 Å². The Kier molecular flexibility index (Phi) is 4.14. The standard InChI is InChI=1S/C14H14N2O3/c15-9-13(17)12-7-4-8-16(12)14(18)19-10-11-5-2-1-3-6-11/h1-3,5-6,12H,4,7-8,10H2. The zero-order valence-corrected chi connectivity index (χ0v) is 10.4. The summed E-state index contributed by atoms with van der Waals surface area (Å²) in [5.41, 5.74) is 0.887. The van der Waals surface area contributed by atoms with Gasteiger partial charge in [-0.3, -0.25) is 9.69 Å². The molecule has 0 aromatic heterocycles. The van der Waals surface area contributed by atoms with E-state index >= 15 is 0 Å². The van der Waals surface area contributed by atoms with Crippen LogP contribution in [0.15, 0.2) is 30.3 Å². The average Bonchev–Trinajstić information content (AvgIpc) is 2.94. The average molecular weight is 258 g/mol. The molecule has 0 radical (unpaired) electrons. The highest BCUT2D eigenvalue weighted by molar-refractivity contribution is 5.99. The minimum Gasteiger partial charge on any atom is -0.445 e. The summed E-state index contributed by atoms with van der Waals surface area (Å²) in [4.78, 5) is 24.6. The van der Waals surface area contributed by atoms with Crippen LogP contribution in [0, 0.1) is 11.3 Å². The lowest BCUT2D eigenvalue weighted by atomic mass is 10.1. The Morgan fingerprint density at radius 1 is 1.37 bits per heavy atom. The summed E-state index contributed by atoms with van der Waals surface area (Å²) in [6.07, 6.45) is 0.723. The fourth-order valence-corrected chi connectivity index (χ4v) is 2.13. The Labute approximate surface area is 111 Å². The largest absolute Gasteiger partial charge is 0.445 e. The monoisotopic (exact) mass is 258 g/mol. The number of ether oxygens (including phenoxy) is 1. The second-order valence-corrected chi connectivity index (χ2v) is 4.37. The number of likely N-dealkylation sites (tertiary alicyclic amines) is 1. The molecule has 1 unspecified atom stereocenters. The van der Waals surface area contributed by atoms with Crippen LogP contribution in [0.3, 0.4) is 0 Å². The molecule has 1 atom stereocenters. The number of nitriles is 1. The highest BCUT2D eigenvalue weighted by Gasteiger charge is 2.34. The third-order valence-electron chi connectivity index (χ3n) is 3.11. The number of ketones is 1. The number of Topliss-reactive ketones (excluding diaryl/α,β-unsaturated/α-hetero) is 1. The highest BCUT2D eigenvalue weighted by atomic mass is 16.6. The molecule has 2 rings (SSSR count). The van der Waals surface area contributed by atoms with Crippen LogP contribution in [0.4, 0.5) is 4.79 Å². The van der Waals surface area contributed by atoms with Crippen LogP contribution in [0.5, 0.6) is 0 Å². The Morgan fingerprint density at radius 2 is 2.11 bits per heavy atom. The fraction of sp³-hybridized carbons (Fsp3) is 0.357. The van der Waals surface area contributed by atoms with E-state index in [1.807, 2.05) is 30.3 Å². The third-order valence-corrected chi connectivity index (χ3v) is 3.11. The maximum Gasteiger partial charge on any atom is 0.410 e. The van der Waals surface area contributed by atoms with Crippen LogP contribution >= 0.6 is 0 Å². The molecule has 5 heteroatoms. The molecule has 5 nitrogen and oxygen atoms in total. The molecular formula is C14H14N2O3. The quantitative estimate of drug-likeness (QED) is 0.776. The molecule has 1 aliphatic rings. The molecule has 0 spiro atoms. The second-order valence-electron chi connectivity index (χ2n) is 4.37. The molecule has 0 N–H and O–H groups in total. The predicted molar refractivity (Wildman–Crippen MR) is 67.0 cm³/mol. The number of carbonyl (C=O) groups is 2. The fourth-order valence-electron chi connectivity index (χ4n) is 2.13. The van der Waals surface area contributed by atoms with E-state index in [-0.39, 0.29) is 6.61 Å². The van der Waals surface area contributed by atoms with Gasteiger partial charge in [0.15, 0.2) is 0 Å². The first-order valence-corrected chi connectivity index (χ1v) is 6.13. The highest BCUT2D eigenvalue weighted by Crippen LogP contribution is 2.19. The molecule has 1 heterocycles. The summed E-state index contributed by atoms with van der Waals surface area (Å²) in [5.74, 6) is -0.575. The van der Waals surface area contributed by atoms with E-state index in [9.17, 15) is 9.59 Å². The zero-order valence-electron chi connectivity index (χ0n) is 10.4. The lowest BCUT2D eigenvalue weighted by Gasteiger charge is -2.20. The first-order chi connectivity index (χ1) is 9.22. The van der Waals surface area contributed by atoms with Crippen molar-refractivity contribution >= 4 is 11.9 Å². The predicted octanol–water partition coefficient (Wildman–Crippen LogP) is 1.88. The molecule has 0 saturated carbocycles. The van der Waals surface area contributed by atoms with Gasteiger partial charge in [-0.05, 0) is 18.4 Å². The van der Waals surface area contributed by atoms with E-state index in [1.165, 1.54) is 4.90 Å². The van der Waals surface area contributed by atoms with Crippen molar-refractivity contribution in [2.24, 2.45) is 0 Å². The summed E-state index contributed by atoms with van der Waals surface area (Å²) >= 11 is 0. The van der Waals surface area contributed by atoms with E-state index in [2.05, 4.69) is 0 Å². The molecule has 0 bridgehead atoms. The lowest BCUT2D eigenvalue weighted by Crippen LogP contribution is -2.40. The van der Waals surface area contributed by atoms with Gasteiger partial charge in [0.25, 0.3) is 5.78 Å². The summed E-state index contributed by atoms with van der Waals surface area (Å²) in [6, 6.07) is 10.3. The van der Waals surface area contributed by atoms with E-state index in [0.717, 1.165) is 12.0 Å². The van der Waals surface area contributed by atoms with Crippen molar-refractivity contribution in [1.82, 2.24) is 4.90 Å². The summed E-state index contributed by atoms with van der Waals surface area (Å²) < 4.78 is 5.16. The zero-order chi connectivity index (χ0) is 13.7. The first-order valence-electron chi connectivity index (χ1n) is 6.13. The van der Waals surface area contributed by atoms with Gasteiger partial charge in [0, 0.05) is 6.54 Å². The van der Waals surface area contributed by atoms with Gasteiger partial charge in [-0.25, -0.2) is 4.79 Å². The first kappa shape index (κ1) is 13.1. The van der Waals surface area contributed by atoms with Crippen LogP contribution in [-0.4, -0.2) is 29.4 Å². The van der Waals surface area contributed by atoms with Crippen molar-refractivity contribution in [2.45, 2.75) is 25.5 Å².